The number of likely N-dealkylation sites (tertiary alicyclic amines) is 1. The zero-order valence-corrected chi connectivity index (χ0v) is 26.9. The van der Waals surface area contributed by atoms with E-state index in [0.717, 1.165) is 5.01 Å². The zero-order valence-electron chi connectivity index (χ0n) is 25.4. The van der Waals surface area contributed by atoms with E-state index >= 15 is 9.18 Å². The number of allylic oxidation sites excluding steroid dienone is 2. The number of ether oxygens (including phenoxy) is 1. The Kier molecular flexibility index (Phi) is 7.56. The number of rotatable bonds is 6. The maximum Gasteiger partial charge on any atom is 0.260 e. The molecule has 47 heavy (non-hydrogen) atoms. The quantitative estimate of drug-likeness (QED) is 0.248. The second-order valence-electron chi connectivity index (χ2n) is 12.3. The van der Waals surface area contributed by atoms with Gasteiger partial charge in [0.15, 0.2) is 11.6 Å². The first kappa shape index (κ1) is 31.2. The van der Waals surface area contributed by atoms with Crippen molar-refractivity contribution in [1.82, 2.24) is 9.91 Å². The molecule has 2 N–H and O–H groups in total. The fourth-order valence-corrected chi connectivity index (χ4v) is 8.75. The molecule has 242 valence electrons. The molecule has 6 unspecified atom stereocenters. The van der Waals surface area contributed by atoms with E-state index < -0.39 is 58.4 Å². The minimum atomic E-state index is -1.62. The number of imide groups is 2. The van der Waals surface area contributed by atoms with Crippen LogP contribution < -0.4 is 10.2 Å². The maximum atomic E-state index is 15.2. The van der Waals surface area contributed by atoms with Gasteiger partial charge in [0.2, 0.25) is 11.8 Å². The van der Waals surface area contributed by atoms with Gasteiger partial charge < -0.3 is 9.84 Å². The van der Waals surface area contributed by atoms with Crippen LogP contribution in [0.5, 0.6) is 11.5 Å². The maximum absolute atomic E-state index is 15.2. The number of hydrazine groups is 1. The molecule has 2 heterocycles. The highest BCUT2D eigenvalue weighted by atomic mass is 35.5. The van der Waals surface area contributed by atoms with E-state index in [1.54, 1.807) is 43.3 Å². The lowest BCUT2D eigenvalue weighted by atomic mass is 9.49. The van der Waals surface area contributed by atoms with Crippen LogP contribution in [0.25, 0.3) is 0 Å². The van der Waals surface area contributed by atoms with E-state index in [1.807, 2.05) is 6.08 Å². The smallest absolute Gasteiger partial charge is 0.260 e. The minimum Gasteiger partial charge on any atom is -0.505 e. The van der Waals surface area contributed by atoms with Gasteiger partial charge in [0.1, 0.15) is 5.75 Å². The molecule has 2 aliphatic heterocycles. The van der Waals surface area contributed by atoms with E-state index in [1.165, 1.54) is 36.3 Å². The normalized spacial score (nSPS) is 28.2. The number of carbonyl (C=O) groups excluding carboxylic acids is 4. The molecule has 3 aromatic carbocycles. The van der Waals surface area contributed by atoms with Crippen molar-refractivity contribution in [2.24, 2.45) is 23.7 Å². The zero-order chi connectivity index (χ0) is 33.4. The number of hydrogen-bond donors (Lipinski definition) is 2. The fraction of sp³-hybridized carbons (Fsp3) is 0.314. The third-order valence-corrected chi connectivity index (χ3v) is 10.8. The molecule has 9 nitrogen and oxygen atoms in total. The van der Waals surface area contributed by atoms with E-state index in [0.29, 0.717) is 27.5 Å². The number of halogens is 3. The van der Waals surface area contributed by atoms with Gasteiger partial charge in [0.25, 0.3) is 11.8 Å². The Balaban J connectivity index is 1.47. The highest BCUT2D eigenvalue weighted by molar-refractivity contribution is 6.36. The van der Waals surface area contributed by atoms with E-state index in [2.05, 4.69) is 5.43 Å². The van der Waals surface area contributed by atoms with Gasteiger partial charge in [-0.25, -0.2) is 4.39 Å². The van der Waals surface area contributed by atoms with Gasteiger partial charge in [-0.15, -0.1) is 0 Å². The molecule has 0 spiro atoms. The number of hydrogen-bond acceptors (Lipinski definition) is 7. The van der Waals surface area contributed by atoms with Crippen molar-refractivity contribution in [3.05, 3.63) is 99.3 Å². The van der Waals surface area contributed by atoms with Crippen molar-refractivity contribution in [1.29, 1.82) is 0 Å². The SMILES string of the molecule is CCN1C(=O)C2CC=C3C(CC4C(=O)N(Nc5ccc(Cl)cc5Cl)C(=O)C4(c4ccc(OC)cc4)C3c3ccc(O)c(F)c3)C2C1=O. The second kappa shape index (κ2) is 11.4. The van der Waals surface area contributed by atoms with Crippen molar-refractivity contribution < 1.29 is 33.4 Å². The van der Waals surface area contributed by atoms with Crippen molar-refractivity contribution in [2.75, 3.05) is 19.1 Å². The number of methoxy groups -OCH3 is 1. The van der Waals surface area contributed by atoms with Crippen molar-refractivity contribution in [2.45, 2.75) is 31.1 Å². The predicted octanol–water partition coefficient (Wildman–Crippen LogP) is 5.85. The molecule has 7 rings (SSSR count). The minimum absolute atomic E-state index is 0.0871. The van der Waals surface area contributed by atoms with Gasteiger partial charge in [-0.3, -0.25) is 29.5 Å². The molecule has 0 aromatic heterocycles. The number of phenolic OH excluding ortho intramolecular Hbond substituents is 1. The summed E-state index contributed by atoms with van der Waals surface area (Å²) in [6.45, 7) is 1.96. The molecule has 6 atom stereocenters. The Hall–Kier alpha value is -4.41. The second-order valence-corrected chi connectivity index (χ2v) is 13.2. The van der Waals surface area contributed by atoms with E-state index in [9.17, 15) is 19.5 Å². The molecular formula is C35H30Cl2FN3O6. The number of fused-ring (bicyclic) bond motifs is 4. The van der Waals surface area contributed by atoms with Gasteiger partial charge in [-0.05, 0) is 79.3 Å². The number of carbonyl (C=O) groups is 4. The topological polar surface area (TPSA) is 116 Å². The molecule has 1 saturated carbocycles. The lowest BCUT2D eigenvalue weighted by Crippen LogP contribution is -2.53. The lowest BCUT2D eigenvalue weighted by molar-refractivity contribution is -0.141. The van der Waals surface area contributed by atoms with Crippen molar-refractivity contribution >= 4 is 52.5 Å². The highest BCUT2D eigenvalue weighted by Crippen LogP contribution is 2.64. The summed E-state index contributed by atoms with van der Waals surface area (Å²) in [6.07, 6.45) is 2.23. The Morgan fingerprint density at radius 1 is 0.979 bits per heavy atom. The number of anilines is 1. The third kappa shape index (κ3) is 4.48. The summed E-state index contributed by atoms with van der Waals surface area (Å²) in [6, 6.07) is 15.3. The highest BCUT2D eigenvalue weighted by Gasteiger charge is 2.70. The molecule has 2 saturated heterocycles. The Bertz CT molecular complexity index is 1880. The molecule has 3 aromatic rings. The Labute approximate surface area is 279 Å². The number of amides is 4. The van der Waals surface area contributed by atoms with Gasteiger partial charge in [0, 0.05) is 17.5 Å². The monoisotopic (exact) mass is 677 g/mol. The summed E-state index contributed by atoms with van der Waals surface area (Å²) in [5.74, 6) is -6.60. The van der Waals surface area contributed by atoms with Gasteiger partial charge in [-0.1, -0.05) is 53.1 Å². The van der Waals surface area contributed by atoms with Crippen molar-refractivity contribution in [3.63, 3.8) is 0 Å². The number of aromatic hydroxyl groups is 1. The van der Waals surface area contributed by atoms with Crippen LogP contribution in [0.3, 0.4) is 0 Å². The third-order valence-electron chi connectivity index (χ3n) is 10.3. The molecule has 0 radical (unpaired) electrons. The summed E-state index contributed by atoms with van der Waals surface area (Å²) >= 11 is 12.6. The van der Waals surface area contributed by atoms with E-state index in [4.69, 9.17) is 27.9 Å². The number of phenols is 1. The number of benzene rings is 3. The summed E-state index contributed by atoms with van der Waals surface area (Å²) in [4.78, 5) is 58.1. The van der Waals surface area contributed by atoms with Crippen LogP contribution in [0.1, 0.15) is 36.8 Å². The molecular weight excluding hydrogens is 648 g/mol. The first-order valence-electron chi connectivity index (χ1n) is 15.3. The van der Waals surface area contributed by atoms with Crippen LogP contribution in [-0.4, -0.2) is 52.3 Å². The first-order valence-corrected chi connectivity index (χ1v) is 16.1. The van der Waals surface area contributed by atoms with Crippen LogP contribution in [-0.2, 0) is 24.6 Å². The van der Waals surface area contributed by atoms with E-state index in [-0.39, 0.29) is 41.9 Å². The van der Waals surface area contributed by atoms with Crippen LogP contribution in [0, 0.1) is 29.5 Å². The van der Waals surface area contributed by atoms with Crippen LogP contribution >= 0.6 is 23.2 Å². The van der Waals surface area contributed by atoms with Gasteiger partial charge in [0.05, 0.1) is 41.0 Å². The van der Waals surface area contributed by atoms with Crippen molar-refractivity contribution in [3.8, 4) is 11.5 Å². The summed E-state index contributed by atoms with van der Waals surface area (Å²) in [7, 11) is 1.51. The Morgan fingerprint density at radius 3 is 2.38 bits per heavy atom. The molecule has 0 bridgehead atoms. The summed E-state index contributed by atoms with van der Waals surface area (Å²) in [5.41, 5.74) is 3.06. The van der Waals surface area contributed by atoms with Crippen LogP contribution in [0.15, 0.2) is 72.3 Å². The van der Waals surface area contributed by atoms with Crippen LogP contribution in [0.4, 0.5) is 10.1 Å². The number of nitrogens with zero attached hydrogens (tertiary/aromatic N) is 2. The van der Waals surface area contributed by atoms with Gasteiger partial charge in [-0.2, -0.15) is 5.01 Å². The molecule has 4 amide bonds. The lowest BCUT2D eigenvalue weighted by Gasteiger charge is -2.50. The summed E-state index contributed by atoms with van der Waals surface area (Å²) in [5, 5.41) is 11.6. The average molecular weight is 679 g/mol. The largest absolute Gasteiger partial charge is 0.505 e. The predicted molar refractivity (Wildman–Crippen MR) is 171 cm³/mol. The molecule has 12 heteroatoms. The molecule has 3 fully saturated rings. The first-order chi connectivity index (χ1) is 22.5. The molecule has 4 aliphatic rings. The number of nitrogens with one attached hydrogen (secondary N) is 1. The van der Waals surface area contributed by atoms with Crippen LogP contribution in [0.2, 0.25) is 10.0 Å². The van der Waals surface area contributed by atoms with Gasteiger partial charge >= 0.3 is 0 Å². The molecule has 2 aliphatic carbocycles. The fourth-order valence-electron chi connectivity index (χ4n) is 8.30. The standard InChI is InChI=1S/C35H30Cl2FN3O6/c1-3-40-31(43)22-11-10-21-23(29(22)33(40)45)16-24-32(44)41(39-27-12-7-19(36)15-25(27)37)34(46)35(24,18-5-8-20(47-2)9-6-18)30(21)17-4-13-28(42)26(38)14-17/h4-10,12-15,22-24,29-30,39,42H,3,11,16H2,1-2H3. The average Bonchev–Trinajstić information content (AvgIpc) is 3.44. The Morgan fingerprint density at radius 2 is 1.72 bits per heavy atom. The summed E-state index contributed by atoms with van der Waals surface area (Å²) < 4.78 is 20.6.